The Labute approximate surface area is 118 Å². The molecule has 2 heterocycles. The van der Waals surface area contributed by atoms with Crippen molar-refractivity contribution in [2.24, 2.45) is 0 Å². The van der Waals surface area contributed by atoms with Crippen molar-refractivity contribution in [1.29, 1.82) is 5.26 Å². The van der Waals surface area contributed by atoms with E-state index in [1.54, 1.807) is 0 Å². The molecule has 20 heavy (non-hydrogen) atoms. The van der Waals surface area contributed by atoms with Crippen molar-refractivity contribution in [2.75, 3.05) is 45.3 Å². The van der Waals surface area contributed by atoms with Crippen molar-refractivity contribution in [3.05, 3.63) is 0 Å². The largest absolute Gasteiger partial charge is 0.467 e. The highest BCUT2D eigenvalue weighted by Crippen LogP contribution is 2.18. The lowest BCUT2D eigenvalue weighted by Gasteiger charge is -2.35. The second-order valence-corrected chi connectivity index (χ2v) is 4.44. The summed E-state index contributed by atoms with van der Waals surface area (Å²) in [6.07, 6.45) is 0. The molecule has 0 bridgehead atoms. The Kier molecular flexibility index (Phi) is 4.53. The fraction of sp³-hybridized carbons (Fsp3) is 0.667. The summed E-state index contributed by atoms with van der Waals surface area (Å²) >= 11 is 0. The van der Waals surface area contributed by atoms with Crippen LogP contribution in [0.15, 0.2) is 0 Å². The van der Waals surface area contributed by atoms with Crippen LogP contribution in [0.3, 0.4) is 0 Å². The molecular formula is C12H18N6O2. The quantitative estimate of drug-likeness (QED) is 0.756. The number of anilines is 1. The standard InChI is InChI=1S/C12H18N6O2/c1-9(8-13)17-4-6-18(7-5-17)10-14-11(19-2)16-12(15-10)20-3/h9H,4-7H2,1-3H3. The molecule has 0 saturated carbocycles. The van der Waals surface area contributed by atoms with Gasteiger partial charge in [-0.25, -0.2) is 0 Å². The highest BCUT2D eigenvalue weighted by molar-refractivity contribution is 5.33. The van der Waals surface area contributed by atoms with Crippen LogP contribution in [-0.4, -0.2) is 66.3 Å². The molecule has 1 aliphatic rings. The molecule has 8 heteroatoms. The molecule has 1 aliphatic heterocycles. The van der Waals surface area contributed by atoms with Gasteiger partial charge in [0.15, 0.2) is 0 Å². The van der Waals surface area contributed by atoms with Gasteiger partial charge >= 0.3 is 12.0 Å². The first kappa shape index (κ1) is 14.3. The van der Waals surface area contributed by atoms with Crippen LogP contribution >= 0.6 is 0 Å². The lowest BCUT2D eigenvalue weighted by molar-refractivity contribution is 0.230. The van der Waals surface area contributed by atoms with E-state index in [9.17, 15) is 0 Å². The second-order valence-electron chi connectivity index (χ2n) is 4.44. The molecule has 1 aromatic heterocycles. The number of piperazine rings is 1. The maximum absolute atomic E-state index is 8.94. The van der Waals surface area contributed by atoms with Crippen LogP contribution in [0.25, 0.3) is 0 Å². The Balaban J connectivity index is 2.08. The molecule has 0 aromatic carbocycles. The zero-order valence-electron chi connectivity index (χ0n) is 11.9. The highest BCUT2D eigenvalue weighted by atomic mass is 16.5. The van der Waals surface area contributed by atoms with Gasteiger partial charge in [-0.1, -0.05) is 0 Å². The number of nitriles is 1. The molecule has 1 fully saturated rings. The van der Waals surface area contributed by atoms with Crippen LogP contribution in [0.4, 0.5) is 5.95 Å². The van der Waals surface area contributed by atoms with Crippen molar-refractivity contribution >= 4 is 5.95 Å². The summed E-state index contributed by atoms with van der Waals surface area (Å²) in [5, 5.41) is 8.94. The Morgan fingerprint density at radius 2 is 1.60 bits per heavy atom. The number of methoxy groups -OCH3 is 2. The SMILES string of the molecule is COc1nc(OC)nc(N2CCN(C(C)C#N)CC2)n1. The Bertz CT molecular complexity index is 473. The van der Waals surface area contributed by atoms with E-state index in [2.05, 4.69) is 25.9 Å². The maximum Gasteiger partial charge on any atom is 0.324 e. The highest BCUT2D eigenvalue weighted by Gasteiger charge is 2.23. The van der Waals surface area contributed by atoms with Gasteiger partial charge in [0.1, 0.15) is 0 Å². The fourth-order valence-electron chi connectivity index (χ4n) is 2.04. The molecule has 2 rings (SSSR count). The molecular weight excluding hydrogens is 260 g/mol. The Morgan fingerprint density at radius 1 is 1.05 bits per heavy atom. The molecule has 108 valence electrons. The van der Waals surface area contributed by atoms with E-state index < -0.39 is 0 Å². The predicted octanol–water partition coefficient (Wildman–Crippen LogP) is -0.0771. The van der Waals surface area contributed by atoms with Crippen molar-refractivity contribution < 1.29 is 9.47 Å². The topological polar surface area (TPSA) is 87.4 Å². The Morgan fingerprint density at radius 3 is 2.05 bits per heavy atom. The molecule has 0 radical (unpaired) electrons. The average Bonchev–Trinajstić information content (AvgIpc) is 2.53. The molecule has 0 amide bonds. The molecule has 1 aromatic rings. The van der Waals surface area contributed by atoms with E-state index in [0.29, 0.717) is 5.95 Å². The monoisotopic (exact) mass is 278 g/mol. The lowest BCUT2D eigenvalue weighted by Crippen LogP contribution is -2.49. The van der Waals surface area contributed by atoms with Crippen molar-refractivity contribution in [3.8, 4) is 18.1 Å². The first-order valence-corrected chi connectivity index (χ1v) is 6.40. The minimum absolute atomic E-state index is 0.0698. The second kappa shape index (κ2) is 6.34. The number of hydrogen-bond donors (Lipinski definition) is 0. The van der Waals surface area contributed by atoms with Crippen molar-refractivity contribution in [3.63, 3.8) is 0 Å². The summed E-state index contributed by atoms with van der Waals surface area (Å²) in [5.41, 5.74) is 0. The molecule has 0 spiro atoms. The van der Waals surface area contributed by atoms with E-state index in [0.717, 1.165) is 26.2 Å². The van der Waals surface area contributed by atoms with Crippen LogP contribution in [0.2, 0.25) is 0 Å². The van der Waals surface area contributed by atoms with E-state index >= 15 is 0 Å². The summed E-state index contributed by atoms with van der Waals surface area (Å²) < 4.78 is 10.1. The van der Waals surface area contributed by atoms with E-state index in [1.165, 1.54) is 14.2 Å². The summed E-state index contributed by atoms with van der Waals surface area (Å²) in [4.78, 5) is 16.6. The van der Waals surface area contributed by atoms with Crippen molar-refractivity contribution in [1.82, 2.24) is 19.9 Å². The van der Waals surface area contributed by atoms with Gasteiger partial charge in [0.25, 0.3) is 0 Å². The zero-order chi connectivity index (χ0) is 14.5. The van der Waals surface area contributed by atoms with Gasteiger partial charge < -0.3 is 14.4 Å². The van der Waals surface area contributed by atoms with Crippen molar-refractivity contribution in [2.45, 2.75) is 13.0 Å². The molecule has 0 aliphatic carbocycles. The first-order chi connectivity index (χ1) is 9.67. The normalized spacial score (nSPS) is 17.4. The number of hydrogen-bond acceptors (Lipinski definition) is 8. The number of rotatable bonds is 4. The van der Waals surface area contributed by atoms with E-state index in [-0.39, 0.29) is 18.1 Å². The minimum atomic E-state index is -0.0698. The van der Waals surface area contributed by atoms with Gasteiger partial charge in [-0.05, 0) is 6.92 Å². The summed E-state index contributed by atoms with van der Waals surface area (Å²) in [5.74, 6) is 0.540. The maximum atomic E-state index is 8.94. The van der Waals surface area contributed by atoms with E-state index in [1.807, 2.05) is 11.8 Å². The number of aromatic nitrogens is 3. The van der Waals surface area contributed by atoms with Crippen LogP contribution < -0.4 is 14.4 Å². The summed E-state index contributed by atoms with van der Waals surface area (Å²) in [7, 11) is 3.01. The number of ether oxygens (including phenoxy) is 2. The average molecular weight is 278 g/mol. The van der Waals surface area contributed by atoms with Gasteiger partial charge in [-0.3, -0.25) is 4.90 Å². The molecule has 1 atom stereocenters. The van der Waals surface area contributed by atoms with Gasteiger partial charge in [-0.15, -0.1) is 4.98 Å². The van der Waals surface area contributed by atoms with Gasteiger partial charge in [0.2, 0.25) is 5.95 Å². The molecule has 8 nitrogen and oxygen atoms in total. The van der Waals surface area contributed by atoms with Crippen LogP contribution in [0.5, 0.6) is 12.0 Å². The first-order valence-electron chi connectivity index (χ1n) is 6.40. The molecule has 1 unspecified atom stereocenters. The summed E-state index contributed by atoms with van der Waals surface area (Å²) in [6.45, 7) is 5.01. The van der Waals surface area contributed by atoms with Gasteiger partial charge in [0, 0.05) is 26.2 Å². The summed E-state index contributed by atoms with van der Waals surface area (Å²) in [6, 6.07) is 2.65. The fourth-order valence-corrected chi connectivity index (χ4v) is 2.04. The smallest absolute Gasteiger partial charge is 0.324 e. The molecule has 0 N–H and O–H groups in total. The minimum Gasteiger partial charge on any atom is -0.467 e. The molecule has 1 saturated heterocycles. The predicted molar refractivity (Wildman–Crippen MR) is 71.8 cm³/mol. The van der Waals surface area contributed by atoms with E-state index in [4.69, 9.17) is 14.7 Å². The zero-order valence-corrected chi connectivity index (χ0v) is 11.9. The lowest BCUT2D eigenvalue weighted by atomic mass is 10.2. The van der Waals surface area contributed by atoms with Crippen LogP contribution in [-0.2, 0) is 0 Å². The third kappa shape index (κ3) is 3.05. The third-order valence-electron chi connectivity index (χ3n) is 3.28. The third-order valence-corrected chi connectivity index (χ3v) is 3.28. The van der Waals surface area contributed by atoms with Gasteiger partial charge in [0.05, 0.1) is 26.3 Å². The van der Waals surface area contributed by atoms with Crippen LogP contribution in [0.1, 0.15) is 6.92 Å². The van der Waals surface area contributed by atoms with Crippen LogP contribution in [0, 0.1) is 11.3 Å². The number of nitrogens with zero attached hydrogens (tertiary/aromatic N) is 6. The Hall–Kier alpha value is -2.14. The van der Waals surface area contributed by atoms with Gasteiger partial charge in [-0.2, -0.15) is 15.2 Å².